The minimum atomic E-state index is -0.0615. The molecule has 66 valence electrons. The molecule has 0 bridgehead atoms. The summed E-state index contributed by atoms with van der Waals surface area (Å²) in [5.41, 5.74) is 0. The minimum Gasteiger partial charge on any atom is -0.466 e. The summed E-state index contributed by atoms with van der Waals surface area (Å²) >= 11 is 1.81. The van der Waals surface area contributed by atoms with Gasteiger partial charge in [-0.15, -0.1) is 0 Å². The Bertz CT molecular complexity index is 104. The van der Waals surface area contributed by atoms with Crippen LogP contribution in [0.25, 0.3) is 0 Å². The second-order valence-electron chi connectivity index (χ2n) is 2.25. The Hall–Kier alpha value is -0.180. The molecule has 2 nitrogen and oxygen atoms in total. The first-order valence-corrected chi connectivity index (χ1v) is 5.35. The predicted octanol–water partition coefficient (Wildman–Crippen LogP) is 2.08. The maximum Gasteiger partial charge on any atom is 0.305 e. The van der Waals surface area contributed by atoms with Crippen LogP contribution in [0.4, 0.5) is 0 Å². The van der Waals surface area contributed by atoms with Crippen molar-refractivity contribution in [3.05, 3.63) is 0 Å². The summed E-state index contributed by atoms with van der Waals surface area (Å²) < 4.78 is 4.78. The van der Waals surface area contributed by atoms with Crippen LogP contribution in [-0.4, -0.2) is 24.6 Å². The van der Waals surface area contributed by atoms with Gasteiger partial charge in [-0.1, -0.05) is 0 Å². The number of rotatable bonds is 6. The second-order valence-corrected chi connectivity index (χ2v) is 3.24. The van der Waals surface area contributed by atoms with Crippen molar-refractivity contribution in [1.82, 2.24) is 0 Å². The topological polar surface area (TPSA) is 26.3 Å². The Labute approximate surface area is 72.7 Å². The van der Waals surface area contributed by atoms with E-state index in [0.717, 1.165) is 18.6 Å². The first-order valence-electron chi connectivity index (χ1n) is 3.95. The van der Waals surface area contributed by atoms with Crippen LogP contribution in [0.1, 0.15) is 26.2 Å². The number of carbonyl (C=O) groups excluding carboxylic acids is 1. The quantitative estimate of drug-likeness (QED) is 0.458. The van der Waals surface area contributed by atoms with Gasteiger partial charge in [-0.2, -0.15) is 11.8 Å². The third kappa shape index (κ3) is 7.72. The van der Waals surface area contributed by atoms with Crippen LogP contribution in [0.15, 0.2) is 0 Å². The highest BCUT2D eigenvalue weighted by atomic mass is 32.2. The van der Waals surface area contributed by atoms with Crippen molar-refractivity contribution in [3.8, 4) is 0 Å². The molecule has 0 aromatic heterocycles. The molecule has 0 aliphatic rings. The van der Waals surface area contributed by atoms with Crippen LogP contribution < -0.4 is 0 Å². The molecule has 0 aromatic carbocycles. The molecule has 0 aliphatic heterocycles. The molecule has 0 amide bonds. The zero-order valence-corrected chi connectivity index (χ0v) is 8.08. The van der Waals surface area contributed by atoms with Crippen molar-refractivity contribution in [1.29, 1.82) is 0 Å². The van der Waals surface area contributed by atoms with Gasteiger partial charge in [0.25, 0.3) is 0 Å². The molecule has 0 aliphatic carbocycles. The summed E-state index contributed by atoms with van der Waals surface area (Å²) in [7, 11) is 0. The maximum absolute atomic E-state index is 10.8. The van der Waals surface area contributed by atoms with E-state index in [0.29, 0.717) is 13.0 Å². The smallest absolute Gasteiger partial charge is 0.305 e. The molecule has 0 aromatic rings. The maximum atomic E-state index is 10.8. The van der Waals surface area contributed by atoms with E-state index in [1.54, 1.807) is 0 Å². The molecule has 0 rings (SSSR count). The van der Waals surface area contributed by atoms with Crippen molar-refractivity contribution >= 4 is 17.7 Å². The largest absolute Gasteiger partial charge is 0.466 e. The number of carbonyl (C=O) groups is 1. The summed E-state index contributed by atoms with van der Waals surface area (Å²) in [6.45, 7) is 2.33. The van der Waals surface area contributed by atoms with Crippen LogP contribution in [0.5, 0.6) is 0 Å². The highest BCUT2D eigenvalue weighted by Crippen LogP contribution is 2.02. The van der Waals surface area contributed by atoms with Gasteiger partial charge in [-0.25, -0.2) is 0 Å². The molecule has 0 atom stereocenters. The lowest BCUT2D eigenvalue weighted by Crippen LogP contribution is -2.03. The van der Waals surface area contributed by atoms with Gasteiger partial charge in [0.1, 0.15) is 0 Å². The normalized spacial score (nSPS) is 9.64. The van der Waals surface area contributed by atoms with E-state index in [2.05, 4.69) is 6.26 Å². The van der Waals surface area contributed by atoms with Gasteiger partial charge in [-0.05, 0) is 31.8 Å². The standard InChI is InChI=1S/C8H16O2S/c1-3-10-8(9)6-4-5-7-11-2/h3-7H2,1-2H3. The van der Waals surface area contributed by atoms with E-state index < -0.39 is 0 Å². The SMILES string of the molecule is CCOC(=O)CCCCSC. The lowest BCUT2D eigenvalue weighted by Gasteiger charge is -1.99. The Kier molecular flexibility index (Phi) is 7.79. The van der Waals surface area contributed by atoms with E-state index in [4.69, 9.17) is 4.74 Å². The molecule has 0 radical (unpaired) electrons. The summed E-state index contributed by atoms with van der Waals surface area (Å²) in [5.74, 6) is 1.08. The van der Waals surface area contributed by atoms with Gasteiger partial charge < -0.3 is 4.74 Å². The fourth-order valence-corrected chi connectivity index (χ4v) is 1.24. The first kappa shape index (κ1) is 10.8. The van der Waals surface area contributed by atoms with Crippen LogP contribution in [-0.2, 0) is 9.53 Å². The Balaban J connectivity index is 3.04. The lowest BCUT2D eigenvalue weighted by molar-refractivity contribution is -0.143. The average molecular weight is 176 g/mol. The third-order valence-electron chi connectivity index (χ3n) is 1.28. The number of unbranched alkanes of at least 4 members (excludes halogenated alkanes) is 1. The summed E-state index contributed by atoms with van der Waals surface area (Å²) in [5, 5.41) is 0. The molecule has 0 saturated heterocycles. The number of esters is 1. The molecule has 3 heteroatoms. The van der Waals surface area contributed by atoms with Crippen LogP contribution >= 0.6 is 11.8 Å². The van der Waals surface area contributed by atoms with Gasteiger partial charge in [0.15, 0.2) is 0 Å². The molecule has 0 fully saturated rings. The zero-order chi connectivity index (χ0) is 8.53. The molecule has 0 unspecified atom stereocenters. The molecule has 11 heavy (non-hydrogen) atoms. The lowest BCUT2D eigenvalue weighted by atomic mass is 10.2. The number of ether oxygens (including phenoxy) is 1. The molecule has 0 spiro atoms. The fraction of sp³-hybridized carbons (Fsp3) is 0.875. The van der Waals surface area contributed by atoms with E-state index in [9.17, 15) is 4.79 Å². The van der Waals surface area contributed by atoms with Crippen molar-refractivity contribution < 1.29 is 9.53 Å². The van der Waals surface area contributed by atoms with Gasteiger partial charge in [0, 0.05) is 6.42 Å². The van der Waals surface area contributed by atoms with Gasteiger partial charge in [-0.3, -0.25) is 4.79 Å². The van der Waals surface area contributed by atoms with Crippen molar-refractivity contribution in [3.63, 3.8) is 0 Å². The fourth-order valence-electron chi connectivity index (χ4n) is 0.749. The molecule has 0 heterocycles. The third-order valence-corrected chi connectivity index (χ3v) is 1.98. The Morgan fingerprint density at radius 2 is 2.18 bits per heavy atom. The van der Waals surface area contributed by atoms with Gasteiger partial charge in [0.05, 0.1) is 6.61 Å². The van der Waals surface area contributed by atoms with E-state index in [-0.39, 0.29) is 5.97 Å². The summed E-state index contributed by atoms with van der Waals surface area (Å²) in [4.78, 5) is 10.8. The average Bonchev–Trinajstić information content (AvgIpc) is 1.99. The Morgan fingerprint density at radius 3 is 2.73 bits per heavy atom. The number of hydrogen-bond acceptors (Lipinski definition) is 3. The van der Waals surface area contributed by atoms with Crippen molar-refractivity contribution in [2.45, 2.75) is 26.2 Å². The molecular formula is C8H16O2S. The predicted molar refractivity (Wildman–Crippen MR) is 48.9 cm³/mol. The minimum absolute atomic E-state index is 0.0615. The van der Waals surface area contributed by atoms with E-state index >= 15 is 0 Å². The van der Waals surface area contributed by atoms with Gasteiger partial charge >= 0.3 is 5.97 Å². The van der Waals surface area contributed by atoms with Crippen LogP contribution in [0.2, 0.25) is 0 Å². The highest BCUT2D eigenvalue weighted by molar-refractivity contribution is 7.98. The van der Waals surface area contributed by atoms with Gasteiger partial charge in [0.2, 0.25) is 0 Å². The summed E-state index contributed by atoms with van der Waals surface area (Å²) in [6.07, 6.45) is 4.72. The molecular weight excluding hydrogens is 160 g/mol. The number of thioether (sulfide) groups is 1. The van der Waals surface area contributed by atoms with Crippen molar-refractivity contribution in [2.75, 3.05) is 18.6 Å². The first-order chi connectivity index (χ1) is 5.31. The van der Waals surface area contributed by atoms with Crippen LogP contribution in [0.3, 0.4) is 0 Å². The number of hydrogen-bond donors (Lipinski definition) is 0. The van der Waals surface area contributed by atoms with E-state index in [1.165, 1.54) is 0 Å². The van der Waals surface area contributed by atoms with Crippen molar-refractivity contribution in [2.24, 2.45) is 0 Å². The van der Waals surface area contributed by atoms with E-state index in [1.807, 2.05) is 18.7 Å². The highest BCUT2D eigenvalue weighted by Gasteiger charge is 1.99. The zero-order valence-electron chi connectivity index (χ0n) is 7.26. The summed E-state index contributed by atoms with van der Waals surface area (Å²) in [6, 6.07) is 0. The van der Waals surface area contributed by atoms with Crippen LogP contribution in [0, 0.1) is 0 Å². The molecule has 0 saturated carbocycles. The Morgan fingerprint density at radius 1 is 1.45 bits per heavy atom. The monoisotopic (exact) mass is 176 g/mol. The second kappa shape index (κ2) is 7.92. The molecule has 0 N–H and O–H groups in total.